The largest absolute Gasteiger partial charge is 0.397 e. The van der Waals surface area contributed by atoms with Crippen LogP contribution in [-0.4, -0.2) is 25.6 Å². The lowest BCUT2D eigenvalue weighted by Crippen LogP contribution is -1.91. The molecule has 0 saturated heterocycles. The molecule has 2 heterocycles. The first-order valence-electron chi connectivity index (χ1n) is 3.31. The van der Waals surface area contributed by atoms with Crippen molar-refractivity contribution in [3.63, 3.8) is 0 Å². The third-order valence-electron chi connectivity index (χ3n) is 1.44. The van der Waals surface area contributed by atoms with Gasteiger partial charge in [-0.25, -0.2) is 0 Å². The van der Waals surface area contributed by atoms with Gasteiger partial charge in [0.15, 0.2) is 0 Å². The lowest BCUT2D eigenvalue weighted by atomic mass is 10.2. The maximum Gasteiger partial charge on any atom is 0.206 e. The molecule has 3 N–H and O–H groups in total. The molecule has 0 fully saturated rings. The quantitative estimate of drug-likeness (QED) is 0.607. The van der Waals surface area contributed by atoms with E-state index in [9.17, 15) is 0 Å². The molecule has 6 heteroatoms. The van der Waals surface area contributed by atoms with Crippen LogP contribution in [0.25, 0.3) is 11.4 Å². The second-order valence-electron chi connectivity index (χ2n) is 2.20. The standard InChI is InChI=1S/C6H6N6/c7-5-3-8-2-1-4(5)6-9-11-12-10-6/h1-3H,7H2,(H,9,10,11,12). The van der Waals surface area contributed by atoms with Crippen LogP contribution in [0.3, 0.4) is 0 Å². The summed E-state index contributed by atoms with van der Waals surface area (Å²) in [7, 11) is 0. The zero-order valence-corrected chi connectivity index (χ0v) is 6.10. The number of nitrogens with one attached hydrogen (secondary N) is 1. The Bertz CT molecular complexity index is 367. The van der Waals surface area contributed by atoms with Gasteiger partial charge in [0.2, 0.25) is 5.82 Å². The van der Waals surface area contributed by atoms with Gasteiger partial charge >= 0.3 is 0 Å². The maximum absolute atomic E-state index is 5.63. The first kappa shape index (κ1) is 6.71. The fourth-order valence-corrected chi connectivity index (χ4v) is 0.886. The molecule has 0 saturated carbocycles. The average Bonchev–Trinajstić information content (AvgIpc) is 2.57. The molecule has 2 aromatic heterocycles. The van der Waals surface area contributed by atoms with Crippen molar-refractivity contribution >= 4 is 5.69 Å². The molecule has 0 atom stereocenters. The number of hydrogen-bond donors (Lipinski definition) is 2. The number of aromatic nitrogens is 5. The summed E-state index contributed by atoms with van der Waals surface area (Å²) in [5.41, 5.74) is 6.90. The topological polar surface area (TPSA) is 93.4 Å². The Morgan fingerprint density at radius 2 is 2.33 bits per heavy atom. The van der Waals surface area contributed by atoms with Crippen molar-refractivity contribution in [2.75, 3.05) is 5.73 Å². The summed E-state index contributed by atoms with van der Waals surface area (Å²) in [6.07, 6.45) is 3.17. The molecule has 0 radical (unpaired) electrons. The highest BCUT2D eigenvalue weighted by Gasteiger charge is 2.05. The van der Waals surface area contributed by atoms with Crippen LogP contribution in [0.2, 0.25) is 0 Å². The van der Waals surface area contributed by atoms with Gasteiger partial charge in [-0.05, 0) is 11.3 Å². The monoisotopic (exact) mass is 162 g/mol. The summed E-state index contributed by atoms with van der Waals surface area (Å²) in [5.74, 6) is 0.481. The summed E-state index contributed by atoms with van der Waals surface area (Å²) >= 11 is 0. The van der Waals surface area contributed by atoms with Gasteiger partial charge in [0, 0.05) is 11.8 Å². The molecule has 0 aliphatic rings. The van der Waals surface area contributed by atoms with Crippen LogP contribution >= 0.6 is 0 Å². The summed E-state index contributed by atoms with van der Waals surface area (Å²) < 4.78 is 0. The number of pyridine rings is 1. The number of tetrazole rings is 1. The average molecular weight is 162 g/mol. The number of nitrogen functional groups attached to an aromatic ring is 1. The second-order valence-corrected chi connectivity index (χ2v) is 2.20. The summed E-state index contributed by atoms with van der Waals surface area (Å²) in [4.78, 5) is 3.84. The Balaban J connectivity index is 2.55. The summed E-state index contributed by atoms with van der Waals surface area (Å²) in [6.45, 7) is 0. The summed E-state index contributed by atoms with van der Waals surface area (Å²) in [5, 5.41) is 13.4. The van der Waals surface area contributed by atoms with Gasteiger partial charge in [-0.1, -0.05) is 0 Å². The Kier molecular flexibility index (Phi) is 1.44. The van der Waals surface area contributed by atoms with Gasteiger partial charge in [0.05, 0.1) is 11.9 Å². The number of nitrogens with zero attached hydrogens (tertiary/aromatic N) is 4. The third-order valence-corrected chi connectivity index (χ3v) is 1.44. The molecule has 60 valence electrons. The Hall–Kier alpha value is -1.98. The fourth-order valence-electron chi connectivity index (χ4n) is 0.886. The van der Waals surface area contributed by atoms with Crippen molar-refractivity contribution < 1.29 is 0 Å². The van der Waals surface area contributed by atoms with Crippen molar-refractivity contribution in [1.29, 1.82) is 0 Å². The van der Waals surface area contributed by atoms with E-state index in [1.807, 2.05) is 0 Å². The molecule has 0 amide bonds. The zero-order valence-electron chi connectivity index (χ0n) is 6.10. The Morgan fingerprint density at radius 1 is 1.42 bits per heavy atom. The van der Waals surface area contributed by atoms with E-state index < -0.39 is 0 Å². The number of anilines is 1. The van der Waals surface area contributed by atoms with Crippen molar-refractivity contribution in [2.45, 2.75) is 0 Å². The summed E-state index contributed by atoms with van der Waals surface area (Å²) in [6, 6.07) is 1.74. The molecule has 0 bridgehead atoms. The van der Waals surface area contributed by atoms with Crippen molar-refractivity contribution in [2.24, 2.45) is 0 Å². The van der Waals surface area contributed by atoms with Crippen LogP contribution in [0.15, 0.2) is 18.5 Å². The van der Waals surface area contributed by atoms with Crippen LogP contribution in [0.5, 0.6) is 0 Å². The smallest absolute Gasteiger partial charge is 0.206 e. The minimum absolute atomic E-state index is 0.481. The van der Waals surface area contributed by atoms with Crippen LogP contribution in [-0.2, 0) is 0 Å². The zero-order chi connectivity index (χ0) is 8.39. The molecule has 0 unspecified atom stereocenters. The van der Waals surface area contributed by atoms with Crippen LogP contribution in [0.4, 0.5) is 5.69 Å². The van der Waals surface area contributed by atoms with Crippen molar-refractivity contribution in [1.82, 2.24) is 25.6 Å². The van der Waals surface area contributed by atoms with Crippen LogP contribution in [0, 0.1) is 0 Å². The van der Waals surface area contributed by atoms with E-state index in [0.29, 0.717) is 11.5 Å². The van der Waals surface area contributed by atoms with Crippen molar-refractivity contribution in [3.8, 4) is 11.4 Å². The number of rotatable bonds is 1. The highest BCUT2D eigenvalue weighted by molar-refractivity contribution is 5.69. The highest BCUT2D eigenvalue weighted by Crippen LogP contribution is 2.18. The van der Waals surface area contributed by atoms with E-state index in [4.69, 9.17) is 5.73 Å². The minimum atomic E-state index is 0.481. The fraction of sp³-hybridized carbons (Fsp3) is 0. The lowest BCUT2D eigenvalue weighted by molar-refractivity contribution is 0.881. The normalized spacial score (nSPS) is 10.0. The van der Waals surface area contributed by atoms with E-state index in [2.05, 4.69) is 25.6 Å². The van der Waals surface area contributed by atoms with E-state index in [-0.39, 0.29) is 0 Å². The Labute approximate surface area is 67.8 Å². The predicted molar refractivity (Wildman–Crippen MR) is 41.8 cm³/mol. The minimum Gasteiger partial charge on any atom is -0.397 e. The maximum atomic E-state index is 5.63. The van der Waals surface area contributed by atoms with Gasteiger partial charge in [0.25, 0.3) is 0 Å². The molecule has 2 rings (SSSR count). The lowest BCUT2D eigenvalue weighted by Gasteiger charge is -1.96. The van der Waals surface area contributed by atoms with E-state index in [0.717, 1.165) is 5.56 Å². The van der Waals surface area contributed by atoms with Gasteiger partial charge in [-0.3, -0.25) is 4.98 Å². The van der Waals surface area contributed by atoms with E-state index >= 15 is 0 Å². The SMILES string of the molecule is Nc1cnccc1-c1nn[nH]n1. The van der Waals surface area contributed by atoms with E-state index in [1.54, 1.807) is 18.5 Å². The number of nitrogens with two attached hydrogens (primary N) is 1. The molecule has 12 heavy (non-hydrogen) atoms. The van der Waals surface area contributed by atoms with Gasteiger partial charge < -0.3 is 5.73 Å². The Morgan fingerprint density at radius 3 is 3.00 bits per heavy atom. The molecule has 0 aliphatic heterocycles. The van der Waals surface area contributed by atoms with Gasteiger partial charge in [-0.2, -0.15) is 5.21 Å². The number of aromatic amines is 1. The molecule has 0 aliphatic carbocycles. The van der Waals surface area contributed by atoms with Crippen LogP contribution < -0.4 is 5.73 Å². The molecular weight excluding hydrogens is 156 g/mol. The highest BCUT2D eigenvalue weighted by atomic mass is 15.5. The second kappa shape index (κ2) is 2.57. The van der Waals surface area contributed by atoms with Gasteiger partial charge in [-0.15, -0.1) is 10.2 Å². The molecule has 6 nitrogen and oxygen atoms in total. The van der Waals surface area contributed by atoms with E-state index in [1.165, 1.54) is 0 Å². The molecule has 0 aromatic carbocycles. The first-order valence-corrected chi connectivity index (χ1v) is 3.31. The van der Waals surface area contributed by atoms with Gasteiger partial charge in [0.1, 0.15) is 0 Å². The molecular formula is C6H6N6. The van der Waals surface area contributed by atoms with Crippen molar-refractivity contribution in [3.05, 3.63) is 18.5 Å². The predicted octanol–water partition coefficient (Wildman–Crippen LogP) is -0.156. The molecule has 0 spiro atoms. The first-order chi connectivity index (χ1) is 5.88. The molecule has 2 aromatic rings. The van der Waals surface area contributed by atoms with Crippen LogP contribution in [0.1, 0.15) is 0 Å². The number of H-pyrrole nitrogens is 1. The third kappa shape index (κ3) is 0.986. The number of hydrogen-bond acceptors (Lipinski definition) is 5.